The minimum Gasteiger partial charge on any atom is -0.463 e. The molecule has 0 aliphatic carbocycles. The fraction of sp³-hybridized carbons (Fsp3) is 0.167. The molecule has 1 aromatic carbocycles. The Kier molecular flexibility index (Phi) is 8.81. The molecular formula is C24H22BrN5O8. The maximum atomic E-state index is 11.6. The number of non-ortho nitro benzene ring substituents is 1. The van der Waals surface area contributed by atoms with Crippen LogP contribution in [0.1, 0.15) is 20.8 Å². The third-order valence-corrected chi connectivity index (χ3v) is 4.82. The molecule has 1 aliphatic rings. The Bertz CT molecular complexity index is 1360. The number of halogens is 1. The molecule has 198 valence electrons. The van der Waals surface area contributed by atoms with Crippen LogP contribution in [0.25, 0.3) is 22.6 Å². The van der Waals surface area contributed by atoms with Gasteiger partial charge >= 0.3 is 12.2 Å². The molecule has 0 spiro atoms. The highest BCUT2D eigenvalue weighted by Gasteiger charge is 2.32. The number of imide groups is 1. The SMILES string of the molecule is CC(C)(C)OC(=O)N(C(=O)O)N1C=CC=CO1.O=[N+]([O-])c1ccc(-c2cc(-c3cncc(Br)c3)on2)cc1. The number of pyridine rings is 1. The summed E-state index contributed by atoms with van der Waals surface area (Å²) in [7, 11) is 0. The highest BCUT2D eigenvalue weighted by molar-refractivity contribution is 9.10. The molecule has 0 atom stereocenters. The maximum absolute atomic E-state index is 11.6. The molecule has 1 aliphatic heterocycles. The van der Waals surface area contributed by atoms with Crippen molar-refractivity contribution in [3.05, 3.63) is 88.0 Å². The molecule has 3 heterocycles. The number of aromatic nitrogens is 2. The van der Waals surface area contributed by atoms with Crippen LogP contribution < -0.4 is 0 Å². The zero-order valence-corrected chi connectivity index (χ0v) is 21.9. The Morgan fingerprint density at radius 3 is 2.39 bits per heavy atom. The third kappa shape index (κ3) is 7.64. The first-order valence-corrected chi connectivity index (χ1v) is 11.6. The normalized spacial score (nSPS) is 12.2. The lowest BCUT2D eigenvalue weighted by Crippen LogP contribution is -2.48. The molecule has 2 aromatic heterocycles. The number of hydrazine groups is 1. The monoisotopic (exact) mass is 587 g/mol. The average molecular weight is 588 g/mol. The van der Waals surface area contributed by atoms with Crippen molar-refractivity contribution >= 4 is 33.8 Å². The van der Waals surface area contributed by atoms with Crippen molar-refractivity contribution in [2.45, 2.75) is 26.4 Å². The predicted molar refractivity (Wildman–Crippen MR) is 137 cm³/mol. The van der Waals surface area contributed by atoms with Crippen molar-refractivity contribution in [3.63, 3.8) is 0 Å². The standard InChI is InChI=1S/C14H8BrN3O3.C10H14N2O5/c15-11-5-10(7-16-8-11)14-6-13(17-21-14)9-1-3-12(4-2-9)18(19)20;1-10(2,3)17-9(15)12(8(13)14)11-6-4-5-7-16-11/h1-8H;4-7H,1-3H3,(H,13,14). The summed E-state index contributed by atoms with van der Waals surface area (Å²) in [6.07, 6.45) is 6.39. The van der Waals surface area contributed by atoms with E-state index in [1.54, 1.807) is 57.4 Å². The third-order valence-electron chi connectivity index (χ3n) is 4.39. The summed E-state index contributed by atoms with van der Waals surface area (Å²) in [6.45, 7) is 4.91. The lowest BCUT2D eigenvalue weighted by Gasteiger charge is -2.30. The van der Waals surface area contributed by atoms with Crippen LogP contribution in [-0.4, -0.2) is 48.1 Å². The molecule has 1 N–H and O–H groups in total. The first-order valence-electron chi connectivity index (χ1n) is 10.8. The predicted octanol–water partition coefficient (Wildman–Crippen LogP) is 6.17. The highest BCUT2D eigenvalue weighted by Crippen LogP contribution is 2.28. The molecule has 13 nitrogen and oxygen atoms in total. The Morgan fingerprint density at radius 1 is 1.13 bits per heavy atom. The first-order chi connectivity index (χ1) is 17.9. The second-order valence-corrected chi connectivity index (χ2v) is 9.34. The Balaban J connectivity index is 0.000000216. The Morgan fingerprint density at radius 2 is 1.84 bits per heavy atom. The van der Waals surface area contributed by atoms with E-state index in [0.717, 1.165) is 20.8 Å². The van der Waals surface area contributed by atoms with E-state index in [1.807, 2.05) is 6.07 Å². The number of nitro groups is 1. The number of hydrogen-bond acceptors (Lipinski definition) is 10. The van der Waals surface area contributed by atoms with Gasteiger partial charge in [-0.25, -0.2) is 9.59 Å². The lowest BCUT2D eigenvalue weighted by molar-refractivity contribution is -0.384. The molecule has 0 unspecified atom stereocenters. The number of allylic oxidation sites excluding steroid dienone is 2. The van der Waals surface area contributed by atoms with Gasteiger partial charge in [0.1, 0.15) is 17.6 Å². The van der Waals surface area contributed by atoms with E-state index in [1.165, 1.54) is 30.7 Å². The van der Waals surface area contributed by atoms with Gasteiger partial charge < -0.3 is 19.2 Å². The maximum Gasteiger partial charge on any atom is 0.442 e. The second kappa shape index (κ2) is 12.0. The van der Waals surface area contributed by atoms with Gasteiger partial charge in [0, 0.05) is 46.2 Å². The van der Waals surface area contributed by atoms with Crippen LogP contribution in [0.5, 0.6) is 0 Å². The van der Waals surface area contributed by atoms with E-state index in [0.29, 0.717) is 16.5 Å². The molecule has 0 radical (unpaired) electrons. The lowest BCUT2D eigenvalue weighted by atomic mass is 10.1. The summed E-state index contributed by atoms with van der Waals surface area (Å²) in [5.41, 5.74) is 1.40. The number of hydroxylamine groups is 1. The average Bonchev–Trinajstić information content (AvgIpc) is 3.34. The molecule has 38 heavy (non-hydrogen) atoms. The molecule has 2 amide bonds. The highest BCUT2D eigenvalue weighted by atomic mass is 79.9. The number of hydrogen-bond donors (Lipinski definition) is 1. The zero-order valence-electron chi connectivity index (χ0n) is 20.3. The zero-order chi connectivity index (χ0) is 27.9. The largest absolute Gasteiger partial charge is 0.463 e. The Hall–Kier alpha value is -4.72. The number of benzene rings is 1. The summed E-state index contributed by atoms with van der Waals surface area (Å²) in [5, 5.41) is 24.6. The molecule has 0 saturated carbocycles. The van der Waals surface area contributed by atoms with Gasteiger partial charge in [0.05, 0.1) is 11.1 Å². The van der Waals surface area contributed by atoms with Crippen molar-refractivity contribution < 1.29 is 33.7 Å². The number of rotatable bonds is 4. The second-order valence-electron chi connectivity index (χ2n) is 8.42. The van der Waals surface area contributed by atoms with Gasteiger partial charge in [-0.05, 0) is 67.1 Å². The molecule has 0 bridgehead atoms. The van der Waals surface area contributed by atoms with E-state index in [2.05, 4.69) is 26.1 Å². The van der Waals surface area contributed by atoms with Crippen LogP contribution in [-0.2, 0) is 9.57 Å². The van der Waals surface area contributed by atoms with E-state index in [4.69, 9.17) is 19.2 Å². The fourth-order valence-corrected chi connectivity index (χ4v) is 3.18. The van der Waals surface area contributed by atoms with Crippen LogP contribution in [0.2, 0.25) is 0 Å². The van der Waals surface area contributed by atoms with E-state index in [-0.39, 0.29) is 5.69 Å². The van der Waals surface area contributed by atoms with Crippen LogP contribution in [0, 0.1) is 10.1 Å². The fourth-order valence-electron chi connectivity index (χ4n) is 2.81. The summed E-state index contributed by atoms with van der Waals surface area (Å²) in [6, 6.07) is 9.78. The quantitative estimate of drug-likeness (QED) is 0.274. The van der Waals surface area contributed by atoms with Gasteiger partial charge in [0.15, 0.2) is 5.76 Å². The number of carbonyl (C=O) groups excluding carboxylic acids is 1. The molecule has 14 heteroatoms. The van der Waals surface area contributed by atoms with Crippen molar-refractivity contribution in [2.75, 3.05) is 0 Å². The van der Waals surface area contributed by atoms with Crippen molar-refractivity contribution in [2.24, 2.45) is 0 Å². The molecule has 3 aromatic rings. The Labute approximate surface area is 224 Å². The van der Waals surface area contributed by atoms with Gasteiger partial charge in [-0.15, -0.1) is 5.17 Å². The minimum atomic E-state index is -1.50. The van der Waals surface area contributed by atoms with Crippen molar-refractivity contribution in [1.82, 2.24) is 20.3 Å². The van der Waals surface area contributed by atoms with Gasteiger partial charge in [-0.1, -0.05) is 10.2 Å². The number of carbonyl (C=O) groups is 2. The number of carboxylic acid groups (broad SMARTS) is 1. The van der Waals surface area contributed by atoms with E-state index >= 15 is 0 Å². The van der Waals surface area contributed by atoms with Gasteiger partial charge in [0.2, 0.25) is 0 Å². The first kappa shape index (κ1) is 27.9. The molecule has 0 fully saturated rings. The smallest absolute Gasteiger partial charge is 0.442 e. The summed E-state index contributed by atoms with van der Waals surface area (Å²) in [5.74, 6) is 0.581. The minimum absolute atomic E-state index is 0.0404. The molecule has 0 saturated heterocycles. The van der Waals surface area contributed by atoms with Crippen molar-refractivity contribution in [3.8, 4) is 22.6 Å². The molecular weight excluding hydrogens is 566 g/mol. The number of nitrogens with zero attached hydrogens (tertiary/aromatic N) is 5. The molecule has 4 rings (SSSR count). The van der Waals surface area contributed by atoms with Gasteiger partial charge in [-0.2, -0.15) is 0 Å². The van der Waals surface area contributed by atoms with E-state index in [9.17, 15) is 19.7 Å². The summed E-state index contributed by atoms with van der Waals surface area (Å²) in [4.78, 5) is 41.7. The number of amides is 2. The number of nitro benzene ring substituents is 1. The van der Waals surface area contributed by atoms with Crippen LogP contribution >= 0.6 is 15.9 Å². The summed E-state index contributed by atoms with van der Waals surface area (Å²) < 4.78 is 11.1. The van der Waals surface area contributed by atoms with Gasteiger partial charge in [-0.3, -0.25) is 15.1 Å². The van der Waals surface area contributed by atoms with Crippen molar-refractivity contribution in [1.29, 1.82) is 0 Å². The van der Waals surface area contributed by atoms with Crippen LogP contribution in [0.3, 0.4) is 0 Å². The van der Waals surface area contributed by atoms with Crippen LogP contribution in [0.15, 0.2) is 82.4 Å². The topological polar surface area (TPSA) is 161 Å². The van der Waals surface area contributed by atoms with Crippen LogP contribution in [0.4, 0.5) is 15.3 Å². The number of ether oxygens (including phenoxy) is 1. The summed E-state index contributed by atoms with van der Waals surface area (Å²) >= 11 is 3.34. The van der Waals surface area contributed by atoms with Gasteiger partial charge in [0.25, 0.3) is 5.69 Å². The van der Waals surface area contributed by atoms with E-state index < -0.39 is 22.7 Å².